The smallest absolute Gasteiger partial charge is 0.0469 e. The van der Waals surface area contributed by atoms with Gasteiger partial charge in [-0.2, -0.15) is 0 Å². The maximum Gasteiger partial charge on any atom is 0.0469 e. The molecule has 2 heterocycles. The molecule has 1 aromatic rings. The Bertz CT molecular complexity index is 443. The first-order valence-electron chi connectivity index (χ1n) is 8.44. The van der Waals surface area contributed by atoms with E-state index in [4.69, 9.17) is 4.74 Å². The Labute approximate surface area is 128 Å². The van der Waals surface area contributed by atoms with Gasteiger partial charge in [0, 0.05) is 37.9 Å². The first-order valence-corrected chi connectivity index (χ1v) is 8.44. The van der Waals surface area contributed by atoms with Crippen molar-refractivity contribution in [1.82, 2.24) is 5.32 Å². The molecule has 1 fully saturated rings. The van der Waals surface area contributed by atoms with E-state index in [0.29, 0.717) is 0 Å². The molecule has 1 saturated heterocycles. The van der Waals surface area contributed by atoms with Crippen molar-refractivity contribution >= 4 is 5.69 Å². The van der Waals surface area contributed by atoms with Crippen LogP contribution in [0.15, 0.2) is 24.3 Å². The number of anilines is 1. The normalized spacial score (nSPS) is 22.5. The van der Waals surface area contributed by atoms with Crippen LogP contribution in [0.2, 0.25) is 0 Å². The van der Waals surface area contributed by atoms with Crippen molar-refractivity contribution < 1.29 is 4.74 Å². The van der Waals surface area contributed by atoms with E-state index in [1.165, 1.54) is 44.5 Å². The van der Waals surface area contributed by atoms with Gasteiger partial charge in [-0.3, -0.25) is 0 Å². The van der Waals surface area contributed by atoms with Gasteiger partial charge < -0.3 is 15.0 Å². The summed E-state index contributed by atoms with van der Waals surface area (Å²) in [5.74, 6) is 1.53. The SMILES string of the molecule is CNCCCC1CN(CC2CCOCC2)c2ccccc21. The molecule has 1 unspecified atom stereocenters. The molecule has 3 rings (SSSR count). The number of fused-ring (bicyclic) bond motifs is 1. The lowest BCUT2D eigenvalue weighted by molar-refractivity contribution is 0.0683. The Morgan fingerprint density at radius 3 is 2.86 bits per heavy atom. The number of benzene rings is 1. The van der Waals surface area contributed by atoms with Crippen LogP contribution in [0, 0.1) is 5.92 Å². The lowest BCUT2D eigenvalue weighted by atomic mass is 9.96. The first-order chi connectivity index (χ1) is 10.4. The summed E-state index contributed by atoms with van der Waals surface area (Å²) >= 11 is 0. The number of para-hydroxylation sites is 1. The molecular formula is C18H28N2O. The van der Waals surface area contributed by atoms with E-state index in [1.807, 2.05) is 7.05 Å². The van der Waals surface area contributed by atoms with Gasteiger partial charge in [-0.25, -0.2) is 0 Å². The lowest BCUT2D eigenvalue weighted by Crippen LogP contribution is -2.31. The van der Waals surface area contributed by atoms with E-state index in [9.17, 15) is 0 Å². The molecule has 2 aliphatic rings. The number of nitrogens with zero attached hydrogens (tertiary/aromatic N) is 1. The summed E-state index contributed by atoms with van der Waals surface area (Å²) < 4.78 is 5.49. The van der Waals surface area contributed by atoms with Crippen LogP contribution in [0.3, 0.4) is 0 Å². The van der Waals surface area contributed by atoms with Gasteiger partial charge in [0.25, 0.3) is 0 Å². The highest BCUT2D eigenvalue weighted by Gasteiger charge is 2.29. The first kappa shape index (κ1) is 14.9. The Hall–Kier alpha value is -1.06. The zero-order chi connectivity index (χ0) is 14.5. The van der Waals surface area contributed by atoms with Crippen molar-refractivity contribution in [2.24, 2.45) is 5.92 Å². The van der Waals surface area contributed by atoms with Crippen molar-refractivity contribution in [2.75, 3.05) is 44.8 Å². The number of hydrogen-bond donors (Lipinski definition) is 1. The summed E-state index contributed by atoms with van der Waals surface area (Å²) in [5, 5.41) is 3.27. The van der Waals surface area contributed by atoms with Gasteiger partial charge in [0.05, 0.1) is 0 Å². The number of rotatable bonds is 6. The van der Waals surface area contributed by atoms with Crippen molar-refractivity contribution in [1.29, 1.82) is 0 Å². The molecule has 0 bridgehead atoms. The third-order valence-corrected chi connectivity index (χ3v) is 4.96. The van der Waals surface area contributed by atoms with Crippen LogP contribution >= 0.6 is 0 Å². The van der Waals surface area contributed by atoms with Gasteiger partial charge in [-0.05, 0) is 56.8 Å². The van der Waals surface area contributed by atoms with Crippen LogP contribution in [0.4, 0.5) is 5.69 Å². The van der Waals surface area contributed by atoms with Crippen LogP contribution in [0.25, 0.3) is 0 Å². The van der Waals surface area contributed by atoms with Gasteiger partial charge in [0.2, 0.25) is 0 Å². The molecule has 0 spiro atoms. The van der Waals surface area contributed by atoms with Crippen molar-refractivity contribution in [3.05, 3.63) is 29.8 Å². The molecule has 116 valence electrons. The average Bonchev–Trinajstić information content (AvgIpc) is 2.87. The molecule has 1 N–H and O–H groups in total. The minimum atomic E-state index is 0.717. The van der Waals surface area contributed by atoms with Crippen LogP contribution in [-0.4, -0.2) is 39.9 Å². The van der Waals surface area contributed by atoms with Crippen molar-refractivity contribution in [3.63, 3.8) is 0 Å². The van der Waals surface area contributed by atoms with E-state index < -0.39 is 0 Å². The zero-order valence-electron chi connectivity index (χ0n) is 13.2. The molecule has 2 aliphatic heterocycles. The van der Waals surface area contributed by atoms with Gasteiger partial charge in [-0.1, -0.05) is 18.2 Å². The Kier molecular flexibility index (Phi) is 5.15. The van der Waals surface area contributed by atoms with E-state index in [0.717, 1.165) is 31.6 Å². The monoisotopic (exact) mass is 288 g/mol. The van der Waals surface area contributed by atoms with Gasteiger partial charge in [0.15, 0.2) is 0 Å². The van der Waals surface area contributed by atoms with E-state index in [2.05, 4.69) is 34.5 Å². The van der Waals surface area contributed by atoms with E-state index in [-0.39, 0.29) is 0 Å². The number of hydrogen-bond acceptors (Lipinski definition) is 3. The minimum absolute atomic E-state index is 0.717. The highest BCUT2D eigenvalue weighted by atomic mass is 16.5. The molecule has 0 radical (unpaired) electrons. The predicted molar refractivity (Wildman–Crippen MR) is 88.1 cm³/mol. The molecule has 21 heavy (non-hydrogen) atoms. The highest BCUT2D eigenvalue weighted by Crippen LogP contribution is 2.39. The Morgan fingerprint density at radius 2 is 2.05 bits per heavy atom. The largest absolute Gasteiger partial charge is 0.381 e. The molecule has 3 heteroatoms. The molecule has 1 aromatic carbocycles. The zero-order valence-corrected chi connectivity index (χ0v) is 13.2. The fourth-order valence-electron chi connectivity index (χ4n) is 3.77. The molecule has 0 aliphatic carbocycles. The Balaban J connectivity index is 1.65. The van der Waals surface area contributed by atoms with Crippen LogP contribution in [0.5, 0.6) is 0 Å². The van der Waals surface area contributed by atoms with Gasteiger partial charge in [-0.15, -0.1) is 0 Å². The summed E-state index contributed by atoms with van der Waals surface area (Å²) in [5.41, 5.74) is 3.05. The molecule has 1 atom stereocenters. The van der Waals surface area contributed by atoms with Crippen LogP contribution < -0.4 is 10.2 Å². The molecule has 0 aromatic heterocycles. The summed E-state index contributed by atoms with van der Waals surface area (Å²) in [6.45, 7) is 5.44. The molecular weight excluding hydrogens is 260 g/mol. The summed E-state index contributed by atoms with van der Waals surface area (Å²) in [6, 6.07) is 9.03. The molecule has 0 amide bonds. The second-order valence-corrected chi connectivity index (χ2v) is 6.46. The summed E-state index contributed by atoms with van der Waals surface area (Å²) in [4.78, 5) is 2.63. The molecule has 0 saturated carbocycles. The fraction of sp³-hybridized carbons (Fsp3) is 0.667. The number of ether oxygens (including phenoxy) is 1. The van der Waals surface area contributed by atoms with Gasteiger partial charge >= 0.3 is 0 Å². The lowest BCUT2D eigenvalue weighted by Gasteiger charge is -2.29. The van der Waals surface area contributed by atoms with E-state index in [1.54, 1.807) is 5.56 Å². The van der Waals surface area contributed by atoms with Gasteiger partial charge in [0.1, 0.15) is 0 Å². The van der Waals surface area contributed by atoms with Crippen molar-refractivity contribution in [3.8, 4) is 0 Å². The van der Waals surface area contributed by atoms with Crippen molar-refractivity contribution in [2.45, 2.75) is 31.6 Å². The maximum absolute atomic E-state index is 5.49. The average molecular weight is 288 g/mol. The summed E-state index contributed by atoms with van der Waals surface area (Å²) in [7, 11) is 2.04. The minimum Gasteiger partial charge on any atom is -0.381 e. The third kappa shape index (κ3) is 3.58. The molecule has 3 nitrogen and oxygen atoms in total. The Morgan fingerprint density at radius 1 is 1.24 bits per heavy atom. The number of nitrogens with one attached hydrogen (secondary N) is 1. The third-order valence-electron chi connectivity index (χ3n) is 4.96. The quantitative estimate of drug-likeness (QED) is 0.814. The topological polar surface area (TPSA) is 24.5 Å². The van der Waals surface area contributed by atoms with E-state index >= 15 is 0 Å². The summed E-state index contributed by atoms with van der Waals surface area (Å²) in [6.07, 6.45) is 5.01. The second kappa shape index (κ2) is 7.28. The second-order valence-electron chi connectivity index (χ2n) is 6.46. The standard InChI is InChI=1S/C18H28N2O/c1-19-10-4-5-16-14-20(13-15-8-11-21-12-9-15)18-7-3-2-6-17(16)18/h2-3,6-7,15-16,19H,4-5,8-14H2,1H3. The maximum atomic E-state index is 5.49. The fourth-order valence-corrected chi connectivity index (χ4v) is 3.77. The van der Waals surface area contributed by atoms with Crippen LogP contribution in [0.1, 0.15) is 37.2 Å². The van der Waals surface area contributed by atoms with Crippen LogP contribution in [-0.2, 0) is 4.74 Å². The highest BCUT2D eigenvalue weighted by molar-refractivity contribution is 5.60. The predicted octanol–water partition coefficient (Wildman–Crippen LogP) is 3.02.